The maximum atomic E-state index is 7.70. The highest BCUT2D eigenvalue weighted by molar-refractivity contribution is 6.44. The molecule has 0 amide bonds. The van der Waals surface area contributed by atoms with Crippen LogP contribution < -0.4 is 10.8 Å². The molecule has 0 bridgehead atoms. The van der Waals surface area contributed by atoms with Crippen molar-refractivity contribution in [1.82, 2.24) is 10.8 Å². The molecule has 0 aromatic rings. The first-order valence-corrected chi connectivity index (χ1v) is 6.27. The number of nitrogens with one attached hydrogen (secondary N) is 3. The smallest absolute Gasteiger partial charge is 0.123 e. The van der Waals surface area contributed by atoms with Crippen LogP contribution in [0.4, 0.5) is 0 Å². The molecule has 0 aromatic carbocycles. The molecule has 0 rings (SSSR count). The zero-order valence-electron chi connectivity index (χ0n) is 11.2. The number of hydrogen-bond acceptors (Lipinski definition) is 5. The van der Waals surface area contributed by atoms with Crippen molar-refractivity contribution in [3.63, 3.8) is 0 Å². The Labute approximate surface area is 114 Å². The molecule has 104 valence electrons. The second kappa shape index (κ2) is 11.1. The first kappa shape index (κ1) is 17.0. The Hall–Kier alpha value is -1.04. The van der Waals surface area contributed by atoms with Gasteiger partial charge in [0.1, 0.15) is 5.76 Å². The zero-order valence-corrected chi connectivity index (χ0v) is 11.9. The summed E-state index contributed by atoms with van der Waals surface area (Å²) in [5.74, 6) is 0.574. The molecule has 18 heavy (non-hydrogen) atoms. The van der Waals surface area contributed by atoms with Crippen LogP contribution in [0.1, 0.15) is 20.3 Å². The fraction of sp³-hybridized carbons (Fsp3) is 0.583. The number of halogens is 1. The van der Waals surface area contributed by atoms with E-state index in [1.807, 2.05) is 6.92 Å². The largest absolute Gasteiger partial charge is 0.414 e. The molecular weight excluding hydrogens is 254 g/mol. The van der Waals surface area contributed by atoms with Gasteiger partial charge in [-0.2, -0.15) is 5.48 Å². The standard InChI is InChI=1S/C12H22ClN3O2/c1-4-17-7-5-6-16-9-11(13)12(14)8-10(2)18-15-3/h8-9,14-16H,4-7H2,1-3H3/b10-8+,11-9-,14-12?. The van der Waals surface area contributed by atoms with E-state index in [-0.39, 0.29) is 5.71 Å². The lowest BCUT2D eigenvalue weighted by atomic mass is 10.3. The fourth-order valence-electron chi connectivity index (χ4n) is 1.12. The van der Waals surface area contributed by atoms with Gasteiger partial charge in [0.25, 0.3) is 0 Å². The van der Waals surface area contributed by atoms with E-state index in [1.54, 1.807) is 20.2 Å². The van der Waals surface area contributed by atoms with Crippen molar-refractivity contribution in [2.24, 2.45) is 0 Å². The van der Waals surface area contributed by atoms with E-state index in [9.17, 15) is 0 Å². The normalized spacial score (nSPS) is 12.4. The lowest BCUT2D eigenvalue weighted by Crippen LogP contribution is -2.12. The maximum absolute atomic E-state index is 7.70. The van der Waals surface area contributed by atoms with Gasteiger partial charge < -0.3 is 14.9 Å². The summed E-state index contributed by atoms with van der Waals surface area (Å²) in [6.07, 6.45) is 4.05. The minimum atomic E-state index is 0.196. The molecule has 3 N–H and O–H groups in total. The summed E-state index contributed by atoms with van der Waals surface area (Å²) in [6, 6.07) is 0. The van der Waals surface area contributed by atoms with Gasteiger partial charge in [0.2, 0.25) is 0 Å². The van der Waals surface area contributed by atoms with E-state index in [1.165, 1.54) is 6.08 Å². The van der Waals surface area contributed by atoms with Gasteiger partial charge in [-0.3, -0.25) is 5.41 Å². The Morgan fingerprint density at radius 1 is 1.44 bits per heavy atom. The molecule has 0 saturated heterocycles. The summed E-state index contributed by atoms with van der Waals surface area (Å²) < 4.78 is 5.20. The van der Waals surface area contributed by atoms with Gasteiger partial charge in [0.15, 0.2) is 0 Å². The Morgan fingerprint density at radius 2 is 2.17 bits per heavy atom. The monoisotopic (exact) mass is 275 g/mol. The molecule has 0 aliphatic rings. The van der Waals surface area contributed by atoms with Crippen LogP contribution in [0, 0.1) is 5.41 Å². The minimum Gasteiger partial charge on any atom is -0.414 e. The van der Waals surface area contributed by atoms with Crippen molar-refractivity contribution < 1.29 is 9.57 Å². The van der Waals surface area contributed by atoms with Gasteiger partial charge in [-0.1, -0.05) is 11.6 Å². The van der Waals surface area contributed by atoms with Gasteiger partial charge >= 0.3 is 0 Å². The highest BCUT2D eigenvalue weighted by Gasteiger charge is 2.00. The Balaban J connectivity index is 3.94. The van der Waals surface area contributed by atoms with Crippen LogP contribution in [0.2, 0.25) is 0 Å². The summed E-state index contributed by atoms with van der Waals surface area (Å²) in [7, 11) is 1.65. The first-order valence-electron chi connectivity index (χ1n) is 5.89. The molecule has 0 fully saturated rings. The van der Waals surface area contributed by atoms with Crippen LogP contribution in [0.3, 0.4) is 0 Å². The Kier molecular flexibility index (Phi) is 10.4. The summed E-state index contributed by atoms with van der Waals surface area (Å²) >= 11 is 5.94. The summed E-state index contributed by atoms with van der Waals surface area (Å²) in [5.41, 5.74) is 2.72. The zero-order chi connectivity index (χ0) is 13.8. The lowest BCUT2D eigenvalue weighted by molar-refractivity contribution is 0.128. The van der Waals surface area contributed by atoms with Crippen LogP contribution in [-0.2, 0) is 9.57 Å². The molecule has 0 heterocycles. The third-order valence-electron chi connectivity index (χ3n) is 1.91. The predicted octanol–water partition coefficient (Wildman–Crippen LogP) is 2.16. The van der Waals surface area contributed by atoms with Crippen LogP contribution >= 0.6 is 11.6 Å². The molecule has 0 aromatic heterocycles. The molecule has 0 atom stereocenters. The van der Waals surface area contributed by atoms with E-state index >= 15 is 0 Å². The SMILES string of the molecule is CCOCCCN/C=C(\Cl)C(=N)/C=C(\C)ONC. The quantitative estimate of drug-likeness (QED) is 0.247. The highest BCUT2D eigenvalue weighted by Crippen LogP contribution is 2.05. The van der Waals surface area contributed by atoms with Gasteiger partial charge in [-0.15, -0.1) is 0 Å². The highest BCUT2D eigenvalue weighted by atomic mass is 35.5. The van der Waals surface area contributed by atoms with Crippen molar-refractivity contribution in [3.8, 4) is 0 Å². The van der Waals surface area contributed by atoms with Crippen LogP contribution in [0.5, 0.6) is 0 Å². The number of rotatable bonds is 10. The molecule has 0 radical (unpaired) electrons. The average molecular weight is 276 g/mol. The van der Waals surface area contributed by atoms with Crippen molar-refractivity contribution in [1.29, 1.82) is 5.41 Å². The van der Waals surface area contributed by atoms with Crippen molar-refractivity contribution >= 4 is 17.3 Å². The fourth-order valence-corrected chi connectivity index (χ4v) is 1.25. The maximum Gasteiger partial charge on any atom is 0.123 e. The van der Waals surface area contributed by atoms with Crippen molar-refractivity contribution in [2.45, 2.75) is 20.3 Å². The van der Waals surface area contributed by atoms with Gasteiger partial charge in [0.05, 0.1) is 10.7 Å². The molecule has 0 spiro atoms. The van der Waals surface area contributed by atoms with E-state index in [0.29, 0.717) is 10.8 Å². The van der Waals surface area contributed by atoms with Gasteiger partial charge in [-0.25, -0.2) is 0 Å². The van der Waals surface area contributed by atoms with E-state index in [2.05, 4.69) is 10.8 Å². The summed E-state index contributed by atoms with van der Waals surface area (Å²) in [5, 5.41) is 11.1. The first-order chi connectivity index (χ1) is 8.61. The van der Waals surface area contributed by atoms with Gasteiger partial charge in [0, 0.05) is 39.1 Å². The Morgan fingerprint density at radius 3 is 2.78 bits per heavy atom. The predicted molar refractivity (Wildman–Crippen MR) is 74.7 cm³/mol. The van der Waals surface area contributed by atoms with E-state index in [0.717, 1.165) is 26.2 Å². The van der Waals surface area contributed by atoms with Crippen LogP contribution in [0.15, 0.2) is 23.1 Å². The van der Waals surface area contributed by atoms with Gasteiger partial charge in [-0.05, 0) is 20.3 Å². The van der Waals surface area contributed by atoms with Crippen LogP contribution in [0.25, 0.3) is 0 Å². The number of allylic oxidation sites excluding steroid dienone is 3. The second-order valence-corrected chi connectivity index (χ2v) is 3.88. The molecule has 6 heteroatoms. The average Bonchev–Trinajstić information content (AvgIpc) is 2.33. The molecule has 5 nitrogen and oxygen atoms in total. The number of ether oxygens (including phenoxy) is 1. The summed E-state index contributed by atoms with van der Waals surface area (Å²) in [6.45, 7) is 5.93. The minimum absolute atomic E-state index is 0.196. The van der Waals surface area contributed by atoms with Crippen molar-refractivity contribution in [2.75, 3.05) is 26.8 Å². The molecule has 0 unspecified atom stereocenters. The topological polar surface area (TPSA) is 66.4 Å². The summed E-state index contributed by atoms with van der Waals surface area (Å²) in [4.78, 5) is 4.98. The Bertz CT molecular complexity index is 304. The second-order valence-electron chi connectivity index (χ2n) is 3.47. The number of hydroxylamine groups is 1. The van der Waals surface area contributed by atoms with E-state index in [4.69, 9.17) is 26.6 Å². The molecule has 0 aliphatic heterocycles. The van der Waals surface area contributed by atoms with E-state index < -0.39 is 0 Å². The van der Waals surface area contributed by atoms with Crippen LogP contribution in [-0.4, -0.2) is 32.5 Å². The number of hydrogen-bond donors (Lipinski definition) is 3. The lowest BCUT2D eigenvalue weighted by Gasteiger charge is -2.04. The molecule has 0 aliphatic carbocycles. The third-order valence-corrected chi connectivity index (χ3v) is 2.22. The molecular formula is C12H22ClN3O2. The molecule has 0 saturated carbocycles. The van der Waals surface area contributed by atoms with Crippen molar-refractivity contribution in [3.05, 3.63) is 23.1 Å². The third kappa shape index (κ3) is 9.04.